The lowest BCUT2D eigenvalue weighted by molar-refractivity contribution is 0.510. The Morgan fingerprint density at radius 2 is 2.26 bits per heavy atom. The quantitative estimate of drug-likeness (QED) is 0.872. The largest absolute Gasteiger partial charge is 0.342 e. The molecule has 5 nitrogen and oxygen atoms in total. The van der Waals surface area contributed by atoms with E-state index in [-0.39, 0.29) is 17.5 Å². The molecule has 19 heavy (non-hydrogen) atoms. The summed E-state index contributed by atoms with van der Waals surface area (Å²) in [5, 5.41) is 3.81. The predicted octanol–water partition coefficient (Wildman–Crippen LogP) is 1.15. The molecule has 0 aliphatic carbocycles. The van der Waals surface area contributed by atoms with Crippen LogP contribution in [0.1, 0.15) is 5.82 Å². The number of aromatic nitrogens is 2. The normalized spacial score (nSPS) is 22.7. The number of sulfone groups is 1. The Bertz CT molecular complexity index is 711. The Morgan fingerprint density at radius 1 is 1.42 bits per heavy atom. The first-order valence-electron chi connectivity index (χ1n) is 6.10. The number of halogens is 1. The van der Waals surface area contributed by atoms with Crippen molar-refractivity contribution in [3.8, 4) is 0 Å². The SMILES string of the molecule is O=S1(=O)CCNC(Cc2nc3c(Cl)cccc3[nH]2)C1. The van der Waals surface area contributed by atoms with Crippen LogP contribution in [0.4, 0.5) is 0 Å². The lowest BCUT2D eigenvalue weighted by atomic mass is 10.2. The van der Waals surface area contributed by atoms with Crippen LogP contribution in [-0.2, 0) is 16.3 Å². The van der Waals surface area contributed by atoms with Crippen LogP contribution in [0.25, 0.3) is 11.0 Å². The molecular weight excluding hydrogens is 286 g/mol. The number of imidazole rings is 1. The van der Waals surface area contributed by atoms with Gasteiger partial charge in [0.2, 0.25) is 0 Å². The Labute approximate surface area is 116 Å². The van der Waals surface area contributed by atoms with Gasteiger partial charge in [-0.25, -0.2) is 13.4 Å². The minimum absolute atomic E-state index is 0.0851. The maximum Gasteiger partial charge on any atom is 0.153 e. The fourth-order valence-electron chi connectivity index (χ4n) is 2.38. The summed E-state index contributed by atoms with van der Waals surface area (Å²) in [5.41, 5.74) is 1.61. The van der Waals surface area contributed by atoms with Gasteiger partial charge in [-0.3, -0.25) is 0 Å². The van der Waals surface area contributed by atoms with E-state index < -0.39 is 9.84 Å². The first kappa shape index (κ1) is 12.9. The molecule has 2 aromatic rings. The van der Waals surface area contributed by atoms with E-state index in [9.17, 15) is 8.42 Å². The second-order valence-electron chi connectivity index (χ2n) is 4.79. The molecular formula is C12H14ClN3O2S. The Kier molecular flexibility index (Phi) is 3.24. The molecule has 0 amide bonds. The van der Waals surface area contributed by atoms with Crippen LogP contribution in [0, 0.1) is 0 Å². The van der Waals surface area contributed by atoms with E-state index >= 15 is 0 Å². The van der Waals surface area contributed by atoms with Crippen molar-refractivity contribution < 1.29 is 8.42 Å². The molecule has 1 fully saturated rings. The molecule has 1 aliphatic heterocycles. The van der Waals surface area contributed by atoms with E-state index in [2.05, 4.69) is 15.3 Å². The van der Waals surface area contributed by atoms with Crippen molar-refractivity contribution >= 4 is 32.5 Å². The molecule has 2 heterocycles. The van der Waals surface area contributed by atoms with E-state index in [0.29, 0.717) is 18.0 Å². The lowest BCUT2D eigenvalue weighted by Gasteiger charge is -2.22. The van der Waals surface area contributed by atoms with Crippen LogP contribution in [0.5, 0.6) is 0 Å². The fraction of sp³-hybridized carbons (Fsp3) is 0.417. The molecule has 0 radical (unpaired) electrons. The summed E-state index contributed by atoms with van der Waals surface area (Å²) in [7, 11) is -2.92. The van der Waals surface area contributed by atoms with Crippen molar-refractivity contribution in [1.82, 2.24) is 15.3 Å². The molecule has 102 valence electrons. The second-order valence-corrected chi connectivity index (χ2v) is 7.42. The van der Waals surface area contributed by atoms with Crippen molar-refractivity contribution in [1.29, 1.82) is 0 Å². The first-order chi connectivity index (χ1) is 9.03. The summed E-state index contributed by atoms with van der Waals surface area (Å²) in [6, 6.07) is 5.47. The molecule has 7 heteroatoms. The smallest absolute Gasteiger partial charge is 0.153 e. The summed E-state index contributed by atoms with van der Waals surface area (Å²) in [6.45, 7) is 0.508. The molecule has 0 saturated carbocycles. The standard InChI is InChI=1S/C12H14ClN3O2S/c13-9-2-1-3-10-12(9)16-11(15-10)6-8-7-19(17,18)5-4-14-8/h1-3,8,14H,4-7H2,(H,15,16). The summed E-state index contributed by atoms with van der Waals surface area (Å²) in [4.78, 5) is 7.61. The van der Waals surface area contributed by atoms with E-state index in [4.69, 9.17) is 11.6 Å². The van der Waals surface area contributed by atoms with Crippen LogP contribution in [0.15, 0.2) is 18.2 Å². The van der Waals surface area contributed by atoms with Gasteiger partial charge < -0.3 is 10.3 Å². The topological polar surface area (TPSA) is 74.8 Å². The van der Waals surface area contributed by atoms with Gasteiger partial charge in [0.25, 0.3) is 0 Å². The molecule has 3 rings (SSSR count). The molecule has 2 N–H and O–H groups in total. The average molecular weight is 300 g/mol. The molecule has 1 saturated heterocycles. The van der Waals surface area contributed by atoms with Crippen LogP contribution in [0.3, 0.4) is 0 Å². The number of H-pyrrole nitrogens is 1. The number of nitrogens with zero attached hydrogens (tertiary/aromatic N) is 1. The van der Waals surface area contributed by atoms with Crippen molar-refractivity contribution in [2.24, 2.45) is 0 Å². The molecule has 1 aliphatic rings. The summed E-state index contributed by atoms with van der Waals surface area (Å²) in [6.07, 6.45) is 0.560. The zero-order chi connectivity index (χ0) is 13.5. The highest BCUT2D eigenvalue weighted by molar-refractivity contribution is 7.91. The maximum absolute atomic E-state index is 11.6. The Hall–Kier alpha value is -1.11. The average Bonchev–Trinajstić information content (AvgIpc) is 2.71. The third-order valence-electron chi connectivity index (χ3n) is 3.25. The summed E-state index contributed by atoms with van der Waals surface area (Å²) < 4.78 is 23.2. The van der Waals surface area contributed by atoms with Gasteiger partial charge in [0.15, 0.2) is 9.84 Å². The number of nitrogens with one attached hydrogen (secondary N) is 2. The highest BCUT2D eigenvalue weighted by atomic mass is 35.5. The Morgan fingerprint density at radius 3 is 3.00 bits per heavy atom. The Balaban J connectivity index is 1.84. The highest BCUT2D eigenvalue weighted by Crippen LogP contribution is 2.21. The molecule has 1 atom stereocenters. The van der Waals surface area contributed by atoms with E-state index in [1.54, 1.807) is 6.07 Å². The summed E-state index contributed by atoms with van der Waals surface area (Å²) >= 11 is 6.06. The van der Waals surface area contributed by atoms with Crippen molar-refractivity contribution in [2.75, 3.05) is 18.1 Å². The second kappa shape index (κ2) is 4.77. The number of fused-ring (bicyclic) bond motifs is 1. The fourth-order valence-corrected chi connectivity index (χ4v) is 4.04. The molecule has 1 aromatic carbocycles. The van der Waals surface area contributed by atoms with Gasteiger partial charge in [-0.05, 0) is 12.1 Å². The monoisotopic (exact) mass is 299 g/mol. The van der Waals surface area contributed by atoms with Crippen molar-refractivity contribution in [3.05, 3.63) is 29.0 Å². The third-order valence-corrected chi connectivity index (χ3v) is 5.29. The number of hydrogen-bond donors (Lipinski definition) is 2. The van der Waals surface area contributed by atoms with E-state index in [1.807, 2.05) is 12.1 Å². The molecule has 0 bridgehead atoms. The van der Waals surface area contributed by atoms with Gasteiger partial charge >= 0.3 is 0 Å². The van der Waals surface area contributed by atoms with Crippen molar-refractivity contribution in [3.63, 3.8) is 0 Å². The van der Waals surface area contributed by atoms with E-state index in [0.717, 1.165) is 16.9 Å². The zero-order valence-electron chi connectivity index (χ0n) is 10.2. The van der Waals surface area contributed by atoms with Gasteiger partial charge in [0.1, 0.15) is 11.3 Å². The first-order valence-corrected chi connectivity index (χ1v) is 8.30. The maximum atomic E-state index is 11.6. The zero-order valence-corrected chi connectivity index (χ0v) is 11.8. The number of rotatable bonds is 2. The summed E-state index contributed by atoms with van der Waals surface area (Å²) in [5.74, 6) is 1.14. The van der Waals surface area contributed by atoms with Crippen LogP contribution in [0.2, 0.25) is 5.02 Å². The minimum Gasteiger partial charge on any atom is -0.342 e. The van der Waals surface area contributed by atoms with Gasteiger partial charge in [-0.15, -0.1) is 0 Å². The molecule has 1 unspecified atom stereocenters. The van der Waals surface area contributed by atoms with Crippen LogP contribution in [-0.4, -0.2) is 42.5 Å². The molecule has 1 aromatic heterocycles. The van der Waals surface area contributed by atoms with E-state index in [1.165, 1.54) is 0 Å². The highest BCUT2D eigenvalue weighted by Gasteiger charge is 2.25. The van der Waals surface area contributed by atoms with Crippen molar-refractivity contribution in [2.45, 2.75) is 12.5 Å². The number of para-hydroxylation sites is 1. The third kappa shape index (κ3) is 2.75. The van der Waals surface area contributed by atoms with Gasteiger partial charge in [-0.1, -0.05) is 17.7 Å². The number of aromatic amines is 1. The predicted molar refractivity (Wildman–Crippen MR) is 75.3 cm³/mol. The van der Waals surface area contributed by atoms with Gasteiger partial charge in [-0.2, -0.15) is 0 Å². The minimum atomic E-state index is -2.92. The number of benzene rings is 1. The van der Waals surface area contributed by atoms with Crippen LogP contribution < -0.4 is 5.32 Å². The van der Waals surface area contributed by atoms with Crippen LogP contribution >= 0.6 is 11.6 Å². The van der Waals surface area contributed by atoms with Gasteiger partial charge in [0.05, 0.1) is 22.0 Å². The number of hydrogen-bond acceptors (Lipinski definition) is 4. The lowest BCUT2D eigenvalue weighted by Crippen LogP contribution is -2.46. The van der Waals surface area contributed by atoms with Gasteiger partial charge in [0, 0.05) is 19.0 Å². The molecule has 0 spiro atoms.